The minimum Gasteiger partial charge on any atom is -0.493 e. The standard InChI is InChI=1S/C37H29Cl2IN2O5S2/c1-4-46-36(44)31-32(23-8-6-5-7-9-23)41-37-42(33(31)24-11-13-25(48-3)14-12-24)35(43)30(49-37)19-22-17-28(40)34(29(18-22)45-2)47-20-21-10-15-26(38)27(39)16-21/h5-19,33H,4,20H2,1-3H3/b30-19-/t33-/m1/s1. The first-order valence-corrected chi connectivity index (χ1v) is 19.0. The first-order valence-electron chi connectivity index (χ1n) is 15.1. The SMILES string of the molecule is CCOC(=O)C1=C(c2ccccc2)N=c2s/c(=C\c3cc(I)c(OCc4ccc(Cl)c(Cl)c4)c(OC)c3)c(=O)n2[C@@H]1c1ccc(SC)cc1. The third-order valence-corrected chi connectivity index (χ3v) is 11.0. The summed E-state index contributed by atoms with van der Waals surface area (Å²) in [6.07, 6.45) is 3.81. The molecule has 250 valence electrons. The second-order valence-corrected chi connectivity index (χ2v) is 14.6. The van der Waals surface area contributed by atoms with Gasteiger partial charge in [0.25, 0.3) is 5.56 Å². The first-order chi connectivity index (χ1) is 23.7. The molecule has 7 nitrogen and oxygen atoms in total. The predicted molar refractivity (Wildman–Crippen MR) is 206 cm³/mol. The van der Waals surface area contributed by atoms with Gasteiger partial charge in [0.05, 0.1) is 49.2 Å². The normalized spacial score (nSPS) is 14.3. The number of methoxy groups -OCH3 is 1. The van der Waals surface area contributed by atoms with Gasteiger partial charge < -0.3 is 14.2 Å². The van der Waals surface area contributed by atoms with E-state index >= 15 is 0 Å². The van der Waals surface area contributed by atoms with Crippen molar-refractivity contribution in [3.05, 3.63) is 146 Å². The molecule has 1 aliphatic heterocycles. The van der Waals surface area contributed by atoms with E-state index < -0.39 is 12.0 Å². The molecule has 49 heavy (non-hydrogen) atoms. The number of carbonyl (C=O) groups excluding carboxylic acids is 1. The lowest BCUT2D eigenvalue weighted by Crippen LogP contribution is -2.40. The van der Waals surface area contributed by atoms with Crippen molar-refractivity contribution in [2.75, 3.05) is 20.0 Å². The molecule has 1 atom stereocenters. The van der Waals surface area contributed by atoms with Crippen molar-refractivity contribution in [3.8, 4) is 11.5 Å². The van der Waals surface area contributed by atoms with E-state index in [2.05, 4.69) is 22.6 Å². The van der Waals surface area contributed by atoms with Gasteiger partial charge in [0.2, 0.25) is 0 Å². The molecule has 0 bridgehead atoms. The van der Waals surface area contributed by atoms with Crippen LogP contribution < -0.4 is 24.4 Å². The van der Waals surface area contributed by atoms with Crippen molar-refractivity contribution in [3.63, 3.8) is 0 Å². The Balaban J connectivity index is 1.48. The average molecular weight is 844 g/mol. The molecule has 1 aliphatic rings. The number of rotatable bonds is 10. The zero-order valence-electron chi connectivity index (χ0n) is 26.5. The Morgan fingerprint density at radius 3 is 2.47 bits per heavy atom. The molecule has 12 heteroatoms. The van der Waals surface area contributed by atoms with E-state index in [-0.39, 0.29) is 18.8 Å². The smallest absolute Gasteiger partial charge is 0.338 e. The number of thioether (sulfide) groups is 1. The number of thiazole rings is 1. The number of aromatic nitrogens is 1. The molecule has 5 aromatic rings. The molecule has 0 amide bonds. The van der Waals surface area contributed by atoms with Crippen molar-refractivity contribution in [1.82, 2.24) is 4.57 Å². The summed E-state index contributed by atoms with van der Waals surface area (Å²) >= 11 is 17.3. The Labute approximate surface area is 315 Å². The molecule has 4 aromatic carbocycles. The van der Waals surface area contributed by atoms with Gasteiger partial charge >= 0.3 is 5.97 Å². The fourth-order valence-corrected chi connectivity index (χ4v) is 7.95. The quantitative estimate of drug-likeness (QED) is 0.0803. The molecule has 1 aromatic heterocycles. The lowest BCUT2D eigenvalue weighted by atomic mass is 9.93. The topological polar surface area (TPSA) is 79.1 Å². The van der Waals surface area contributed by atoms with Crippen LogP contribution in [0.2, 0.25) is 10.0 Å². The van der Waals surface area contributed by atoms with Crippen molar-refractivity contribution in [1.29, 1.82) is 0 Å². The van der Waals surface area contributed by atoms with Gasteiger partial charge in [-0.1, -0.05) is 83.1 Å². The van der Waals surface area contributed by atoms with Gasteiger partial charge in [-0.15, -0.1) is 11.8 Å². The van der Waals surface area contributed by atoms with Gasteiger partial charge in [0.1, 0.15) is 6.61 Å². The number of ether oxygens (including phenoxy) is 3. The summed E-state index contributed by atoms with van der Waals surface area (Å²) in [4.78, 5) is 34.5. The second kappa shape index (κ2) is 15.6. The van der Waals surface area contributed by atoms with Crippen molar-refractivity contribution < 1.29 is 19.0 Å². The van der Waals surface area contributed by atoms with Crippen molar-refractivity contribution in [2.24, 2.45) is 4.99 Å². The number of benzene rings is 4. The highest BCUT2D eigenvalue weighted by molar-refractivity contribution is 14.1. The fourth-order valence-electron chi connectivity index (χ4n) is 5.44. The van der Waals surface area contributed by atoms with E-state index in [9.17, 15) is 9.59 Å². The first kappa shape index (κ1) is 35.3. The molecule has 6 rings (SSSR count). The second-order valence-electron chi connectivity index (χ2n) is 10.8. The lowest BCUT2D eigenvalue weighted by molar-refractivity contribution is -0.138. The number of halogens is 3. The maximum absolute atomic E-state index is 14.3. The summed E-state index contributed by atoms with van der Waals surface area (Å²) in [5.74, 6) is 0.552. The zero-order valence-corrected chi connectivity index (χ0v) is 31.8. The zero-order chi connectivity index (χ0) is 34.7. The Morgan fingerprint density at radius 1 is 1.04 bits per heavy atom. The number of hydrogen-bond donors (Lipinski definition) is 0. The van der Waals surface area contributed by atoms with E-state index in [1.165, 1.54) is 11.3 Å². The third-order valence-electron chi connectivity index (χ3n) is 7.72. The van der Waals surface area contributed by atoms with E-state index in [0.29, 0.717) is 42.1 Å². The summed E-state index contributed by atoms with van der Waals surface area (Å²) in [7, 11) is 1.57. The van der Waals surface area contributed by atoms with Crippen LogP contribution in [-0.4, -0.2) is 30.5 Å². The molecule has 0 unspecified atom stereocenters. The van der Waals surface area contributed by atoms with E-state index in [1.807, 2.05) is 79.1 Å². The van der Waals surface area contributed by atoms with Gasteiger partial charge in [-0.25, -0.2) is 9.79 Å². The molecule has 0 saturated heterocycles. The van der Waals surface area contributed by atoms with Gasteiger partial charge in [-0.05, 0) is 94.9 Å². The lowest BCUT2D eigenvalue weighted by Gasteiger charge is -2.26. The Morgan fingerprint density at radius 2 is 1.80 bits per heavy atom. The van der Waals surface area contributed by atoms with Crippen LogP contribution in [0.15, 0.2) is 105 Å². The fraction of sp³-hybridized carbons (Fsp3) is 0.162. The molecule has 0 aliphatic carbocycles. The maximum Gasteiger partial charge on any atom is 0.338 e. The molecular formula is C37H29Cl2IN2O5S2. The van der Waals surface area contributed by atoms with Gasteiger partial charge in [-0.2, -0.15) is 0 Å². The minimum absolute atomic E-state index is 0.181. The Bertz CT molecular complexity index is 2250. The number of hydrogen-bond acceptors (Lipinski definition) is 8. The molecule has 2 heterocycles. The third kappa shape index (κ3) is 7.48. The molecule has 0 saturated carbocycles. The van der Waals surface area contributed by atoms with Crippen LogP contribution in [0.4, 0.5) is 0 Å². The van der Waals surface area contributed by atoms with Crippen LogP contribution in [0.5, 0.6) is 11.5 Å². The van der Waals surface area contributed by atoms with Crippen LogP contribution in [0, 0.1) is 3.57 Å². The summed E-state index contributed by atoms with van der Waals surface area (Å²) in [6, 6.07) is 25.7. The highest BCUT2D eigenvalue weighted by Crippen LogP contribution is 2.37. The largest absolute Gasteiger partial charge is 0.493 e. The van der Waals surface area contributed by atoms with Crippen LogP contribution in [0.25, 0.3) is 11.8 Å². The van der Waals surface area contributed by atoms with Gasteiger partial charge in [0, 0.05) is 10.5 Å². The number of nitrogens with zero attached hydrogens (tertiary/aromatic N) is 2. The van der Waals surface area contributed by atoms with Gasteiger partial charge in [-0.3, -0.25) is 9.36 Å². The number of fused-ring (bicyclic) bond motifs is 1. The molecular weight excluding hydrogens is 814 g/mol. The molecule has 0 spiro atoms. The summed E-state index contributed by atoms with van der Waals surface area (Å²) in [5.41, 5.74) is 3.63. The van der Waals surface area contributed by atoms with E-state index in [4.69, 9.17) is 42.4 Å². The molecule has 0 N–H and O–H groups in total. The monoisotopic (exact) mass is 842 g/mol. The highest BCUT2D eigenvalue weighted by atomic mass is 127. The van der Waals surface area contributed by atoms with Crippen molar-refractivity contribution in [2.45, 2.75) is 24.5 Å². The predicted octanol–water partition coefficient (Wildman–Crippen LogP) is 8.16. The van der Waals surface area contributed by atoms with E-state index in [1.54, 1.807) is 48.6 Å². The minimum atomic E-state index is -0.754. The molecule has 0 radical (unpaired) electrons. The summed E-state index contributed by atoms with van der Waals surface area (Å²) in [5, 5.41) is 0.922. The number of carbonyl (C=O) groups is 1. The van der Waals surface area contributed by atoms with Crippen LogP contribution in [-0.2, 0) is 16.1 Å². The maximum atomic E-state index is 14.3. The van der Waals surface area contributed by atoms with Crippen LogP contribution in [0.1, 0.15) is 35.2 Å². The summed E-state index contributed by atoms with van der Waals surface area (Å²) in [6.45, 7) is 2.20. The summed E-state index contributed by atoms with van der Waals surface area (Å²) < 4.78 is 20.3. The number of esters is 1. The Kier molecular flexibility index (Phi) is 11.2. The molecule has 0 fully saturated rings. The average Bonchev–Trinajstić information content (AvgIpc) is 3.42. The van der Waals surface area contributed by atoms with Crippen LogP contribution >= 0.6 is 68.9 Å². The van der Waals surface area contributed by atoms with Crippen molar-refractivity contribution >= 4 is 86.6 Å². The highest BCUT2D eigenvalue weighted by Gasteiger charge is 2.35. The Hall–Kier alpha value is -3.55. The van der Waals surface area contributed by atoms with Crippen LogP contribution in [0.3, 0.4) is 0 Å². The van der Waals surface area contributed by atoms with E-state index in [0.717, 1.165) is 30.7 Å². The van der Waals surface area contributed by atoms with Gasteiger partial charge in [0.15, 0.2) is 16.3 Å².